The van der Waals surface area contributed by atoms with Crippen molar-refractivity contribution in [1.29, 1.82) is 0 Å². The molecule has 1 amide bonds. The fourth-order valence-electron chi connectivity index (χ4n) is 2.40. The summed E-state index contributed by atoms with van der Waals surface area (Å²) in [5, 5.41) is 9.19. The van der Waals surface area contributed by atoms with Crippen molar-refractivity contribution >= 4 is 28.1 Å². The number of nitrogens with zero attached hydrogens (tertiary/aromatic N) is 1. The minimum Gasteiger partial charge on any atom is -0.497 e. The molecule has 24 heavy (non-hydrogen) atoms. The van der Waals surface area contributed by atoms with E-state index in [0.29, 0.717) is 12.6 Å². The highest BCUT2D eigenvalue weighted by atomic mass is 32.1. The number of anilines is 2. The topological polar surface area (TPSA) is 67.7 Å². The number of hydrogen-bond acceptors (Lipinski definition) is 5. The normalized spacial score (nSPS) is 14.9. The number of hydrogen-bond donors (Lipinski definition) is 3. The van der Waals surface area contributed by atoms with Crippen LogP contribution in [-0.4, -0.2) is 37.6 Å². The summed E-state index contributed by atoms with van der Waals surface area (Å²) >= 11 is 1.57. The first-order chi connectivity index (χ1) is 11.6. The lowest BCUT2D eigenvalue weighted by atomic mass is 10.3. The average molecular weight is 347 g/mol. The summed E-state index contributed by atoms with van der Waals surface area (Å²) < 4.78 is 5.15. The quantitative estimate of drug-likeness (QED) is 0.671. The van der Waals surface area contributed by atoms with E-state index in [1.165, 1.54) is 0 Å². The van der Waals surface area contributed by atoms with Crippen LogP contribution in [0.1, 0.15) is 18.5 Å². The lowest BCUT2D eigenvalue weighted by molar-refractivity contribution is -0.885. The molecule has 1 atom stereocenters. The van der Waals surface area contributed by atoms with Gasteiger partial charge in [0.15, 0.2) is 11.7 Å². The van der Waals surface area contributed by atoms with E-state index in [1.54, 1.807) is 18.4 Å². The molecule has 1 aliphatic rings. The Kier molecular flexibility index (Phi) is 5.32. The number of methoxy groups -OCH3 is 1. The maximum absolute atomic E-state index is 11.8. The van der Waals surface area contributed by atoms with Crippen molar-refractivity contribution in [2.75, 3.05) is 26.0 Å². The van der Waals surface area contributed by atoms with Crippen LogP contribution in [-0.2, 0) is 11.3 Å². The minimum atomic E-state index is 0.127. The van der Waals surface area contributed by atoms with Crippen molar-refractivity contribution in [2.45, 2.75) is 25.4 Å². The van der Waals surface area contributed by atoms with Gasteiger partial charge in [0.2, 0.25) is 0 Å². The zero-order chi connectivity index (χ0) is 16.9. The Balaban J connectivity index is 1.49. The fourth-order valence-corrected chi connectivity index (χ4v) is 3.13. The summed E-state index contributed by atoms with van der Waals surface area (Å²) in [5.41, 5.74) is 1.97. The maximum Gasteiger partial charge on any atom is 0.275 e. The molecule has 3 N–H and O–H groups in total. The van der Waals surface area contributed by atoms with Crippen LogP contribution < -0.4 is 20.3 Å². The van der Waals surface area contributed by atoms with E-state index in [9.17, 15) is 4.79 Å². The Hall–Kier alpha value is -2.12. The molecule has 1 fully saturated rings. The molecule has 0 bridgehead atoms. The molecule has 0 radical (unpaired) electrons. The van der Waals surface area contributed by atoms with E-state index in [1.807, 2.05) is 36.7 Å². The van der Waals surface area contributed by atoms with Gasteiger partial charge in [0.1, 0.15) is 18.0 Å². The highest BCUT2D eigenvalue weighted by molar-refractivity contribution is 7.13. The highest BCUT2D eigenvalue weighted by Gasteiger charge is 2.24. The van der Waals surface area contributed by atoms with Crippen LogP contribution in [0.15, 0.2) is 29.6 Å². The fraction of sp³-hybridized carbons (Fsp3) is 0.412. The lowest BCUT2D eigenvalue weighted by Crippen LogP contribution is -3.09. The summed E-state index contributed by atoms with van der Waals surface area (Å²) in [7, 11) is 3.67. The molecule has 7 heteroatoms. The second kappa shape index (κ2) is 7.63. The molecular formula is C17H23N4O2S+. The molecule has 3 rings (SSSR count). The number of benzene rings is 1. The molecule has 6 nitrogen and oxygen atoms in total. The van der Waals surface area contributed by atoms with Crippen molar-refractivity contribution in [1.82, 2.24) is 10.3 Å². The number of aromatic nitrogens is 1. The molecule has 128 valence electrons. The van der Waals surface area contributed by atoms with Crippen LogP contribution in [0.25, 0.3) is 0 Å². The lowest BCUT2D eigenvalue weighted by Gasteiger charge is -2.12. The van der Waals surface area contributed by atoms with Gasteiger partial charge in [-0.2, -0.15) is 0 Å². The van der Waals surface area contributed by atoms with Crippen LogP contribution in [0.3, 0.4) is 0 Å². The van der Waals surface area contributed by atoms with Crippen LogP contribution in [0.4, 0.5) is 10.8 Å². The van der Waals surface area contributed by atoms with Gasteiger partial charge >= 0.3 is 0 Å². The number of quaternary nitrogens is 1. The van der Waals surface area contributed by atoms with Gasteiger partial charge in [0, 0.05) is 17.1 Å². The number of thiazole rings is 1. The Morgan fingerprint density at radius 2 is 2.12 bits per heavy atom. The third-order valence-electron chi connectivity index (χ3n) is 3.78. The molecule has 0 aliphatic heterocycles. The highest BCUT2D eigenvalue weighted by Crippen LogP contribution is 2.22. The molecule has 1 aliphatic carbocycles. The van der Waals surface area contributed by atoms with Gasteiger partial charge in [-0.25, -0.2) is 4.98 Å². The molecule has 1 aromatic carbocycles. The SMILES string of the molecule is COc1ccc(Nc2nc(C[NH+](C)CC(=O)NC3CC3)cs2)cc1. The average Bonchev–Trinajstić information content (AvgIpc) is 3.26. The van der Waals surface area contributed by atoms with Crippen molar-refractivity contribution < 1.29 is 14.4 Å². The van der Waals surface area contributed by atoms with Crippen molar-refractivity contribution in [3.8, 4) is 5.75 Å². The predicted octanol–water partition coefficient (Wildman–Crippen LogP) is 1.19. The van der Waals surface area contributed by atoms with Crippen LogP contribution in [0, 0.1) is 0 Å². The van der Waals surface area contributed by atoms with Gasteiger partial charge in [-0.05, 0) is 37.1 Å². The van der Waals surface area contributed by atoms with Gasteiger partial charge in [-0.3, -0.25) is 4.79 Å². The summed E-state index contributed by atoms with van der Waals surface area (Å²) in [6.45, 7) is 1.22. The molecule has 1 saturated carbocycles. The summed E-state index contributed by atoms with van der Waals surface area (Å²) in [4.78, 5) is 17.5. The predicted molar refractivity (Wildman–Crippen MR) is 95.0 cm³/mol. The monoisotopic (exact) mass is 347 g/mol. The van der Waals surface area contributed by atoms with Gasteiger partial charge in [-0.1, -0.05) is 0 Å². The van der Waals surface area contributed by atoms with Crippen LogP contribution in [0.5, 0.6) is 5.75 Å². The van der Waals surface area contributed by atoms with Gasteiger partial charge in [0.25, 0.3) is 5.91 Å². The Labute approximate surface area is 145 Å². The summed E-state index contributed by atoms with van der Waals surface area (Å²) in [6, 6.07) is 8.16. The number of amides is 1. The molecule has 1 aromatic heterocycles. The molecule has 0 spiro atoms. The summed E-state index contributed by atoms with van der Waals surface area (Å²) in [5.74, 6) is 0.955. The number of ether oxygens (including phenoxy) is 1. The standard InChI is InChI=1S/C17H22N4O2S/c1-21(10-16(22)18-12-3-4-12)9-14-11-24-17(20-14)19-13-5-7-15(23-2)8-6-13/h5-8,11-12H,3-4,9-10H2,1-2H3,(H,18,22)(H,19,20)/p+1. The van der Waals surface area contributed by atoms with Gasteiger partial charge in [-0.15, -0.1) is 11.3 Å². The van der Waals surface area contributed by atoms with Gasteiger partial charge in [0.05, 0.1) is 14.2 Å². The van der Waals surface area contributed by atoms with Crippen molar-refractivity contribution in [3.05, 3.63) is 35.3 Å². The van der Waals surface area contributed by atoms with Crippen molar-refractivity contribution in [3.63, 3.8) is 0 Å². The minimum absolute atomic E-state index is 0.127. The largest absolute Gasteiger partial charge is 0.497 e. The third-order valence-corrected chi connectivity index (χ3v) is 4.59. The Morgan fingerprint density at radius 1 is 1.38 bits per heavy atom. The first-order valence-electron chi connectivity index (χ1n) is 8.08. The summed E-state index contributed by atoms with van der Waals surface area (Å²) in [6.07, 6.45) is 2.24. The van der Waals surface area contributed by atoms with E-state index >= 15 is 0 Å². The number of carbonyl (C=O) groups excluding carboxylic acids is 1. The zero-order valence-electron chi connectivity index (χ0n) is 14.0. The molecule has 0 saturated heterocycles. The number of rotatable bonds is 8. The van der Waals surface area contributed by atoms with E-state index in [-0.39, 0.29) is 5.91 Å². The van der Waals surface area contributed by atoms with E-state index in [2.05, 4.69) is 15.6 Å². The second-order valence-corrected chi connectivity index (χ2v) is 7.01. The van der Waals surface area contributed by atoms with Crippen LogP contribution in [0.2, 0.25) is 0 Å². The van der Waals surface area contributed by atoms with E-state index in [4.69, 9.17) is 4.74 Å². The molecular weight excluding hydrogens is 324 g/mol. The zero-order valence-corrected chi connectivity index (χ0v) is 14.8. The molecule has 1 heterocycles. The second-order valence-electron chi connectivity index (χ2n) is 6.15. The molecule has 2 aromatic rings. The molecule has 1 unspecified atom stereocenters. The van der Waals surface area contributed by atoms with Crippen molar-refractivity contribution in [2.24, 2.45) is 0 Å². The van der Waals surface area contributed by atoms with E-state index < -0.39 is 0 Å². The maximum atomic E-state index is 11.8. The number of carbonyl (C=O) groups is 1. The number of likely N-dealkylation sites (N-methyl/N-ethyl adjacent to an activating group) is 1. The van der Waals surface area contributed by atoms with E-state index in [0.717, 1.165) is 46.5 Å². The Bertz CT molecular complexity index is 682. The number of nitrogens with one attached hydrogen (secondary N) is 3. The van der Waals surface area contributed by atoms with Crippen LogP contribution >= 0.6 is 11.3 Å². The third kappa shape index (κ3) is 4.94. The first-order valence-corrected chi connectivity index (χ1v) is 8.96. The van der Waals surface area contributed by atoms with Gasteiger partial charge < -0.3 is 20.3 Å². The first kappa shape index (κ1) is 16.7. The smallest absolute Gasteiger partial charge is 0.275 e. The Morgan fingerprint density at radius 3 is 2.79 bits per heavy atom.